The van der Waals surface area contributed by atoms with Gasteiger partial charge in [0.1, 0.15) is 5.76 Å². The average Bonchev–Trinajstić information content (AvgIpc) is 3.38. The summed E-state index contributed by atoms with van der Waals surface area (Å²) in [4.78, 5) is 35.1. The van der Waals surface area contributed by atoms with E-state index in [1.165, 1.54) is 16.2 Å². The van der Waals surface area contributed by atoms with Gasteiger partial charge >= 0.3 is 5.91 Å². The molecular formula is C29H27N3O3S. The minimum atomic E-state index is -0.803. The molecule has 1 saturated heterocycles. The van der Waals surface area contributed by atoms with Gasteiger partial charge in [0.25, 0.3) is 5.78 Å². The smallest absolute Gasteiger partial charge is 0.301 e. The first-order chi connectivity index (χ1) is 17.2. The fourth-order valence-corrected chi connectivity index (χ4v) is 5.65. The highest BCUT2D eigenvalue weighted by Gasteiger charge is 2.48. The van der Waals surface area contributed by atoms with Crippen molar-refractivity contribution in [3.8, 4) is 0 Å². The maximum atomic E-state index is 13.5. The monoisotopic (exact) mass is 497 g/mol. The van der Waals surface area contributed by atoms with Crippen molar-refractivity contribution in [1.82, 2.24) is 4.98 Å². The minimum Gasteiger partial charge on any atom is -0.507 e. The van der Waals surface area contributed by atoms with Crippen LogP contribution in [0.15, 0.2) is 66.2 Å². The molecular weight excluding hydrogens is 470 g/mol. The first-order valence-electron chi connectivity index (χ1n) is 11.7. The minimum absolute atomic E-state index is 0.0711. The number of hydrogen-bond acceptors (Lipinski definition) is 6. The molecule has 0 radical (unpaired) electrons. The van der Waals surface area contributed by atoms with Crippen LogP contribution in [0.25, 0.3) is 16.0 Å². The second-order valence-corrected chi connectivity index (χ2v) is 10.5. The van der Waals surface area contributed by atoms with E-state index < -0.39 is 17.7 Å². The maximum Gasteiger partial charge on any atom is 0.301 e. The molecule has 1 N–H and O–H groups in total. The zero-order valence-electron chi connectivity index (χ0n) is 20.9. The molecule has 2 heterocycles. The Bertz CT molecular complexity index is 1550. The van der Waals surface area contributed by atoms with Gasteiger partial charge in [-0.2, -0.15) is 0 Å². The fraction of sp³-hybridized carbons (Fsp3) is 0.207. The van der Waals surface area contributed by atoms with Crippen LogP contribution in [0.5, 0.6) is 0 Å². The number of amides is 1. The molecule has 0 saturated carbocycles. The van der Waals surface area contributed by atoms with E-state index >= 15 is 0 Å². The third-order valence-electron chi connectivity index (χ3n) is 6.56. The SMILES string of the molecule is Cc1ccc(C)c(/C(O)=C2\C(=O)C(=O)N(c3nc4ccc(C)cc4s3)C2c2ccc(N(C)C)cc2)c1. The van der Waals surface area contributed by atoms with Crippen LogP contribution in [0.2, 0.25) is 0 Å². The van der Waals surface area contributed by atoms with Crippen molar-refractivity contribution in [1.29, 1.82) is 0 Å². The highest BCUT2D eigenvalue weighted by Crippen LogP contribution is 2.45. The second kappa shape index (κ2) is 8.91. The van der Waals surface area contributed by atoms with Crippen LogP contribution in [-0.4, -0.2) is 35.9 Å². The molecule has 4 aromatic rings. The van der Waals surface area contributed by atoms with E-state index in [0.29, 0.717) is 10.7 Å². The molecule has 1 unspecified atom stereocenters. The maximum absolute atomic E-state index is 13.5. The van der Waals surface area contributed by atoms with E-state index in [9.17, 15) is 14.7 Å². The lowest BCUT2D eigenvalue weighted by Crippen LogP contribution is -2.29. The summed E-state index contributed by atoms with van der Waals surface area (Å²) in [7, 11) is 3.90. The predicted molar refractivity (Wildman–Crippen MR) is 146 cm³/mol. The number of aliphatic hydroxyl groups is 1. The van der Waals surface area contributed by atoms with Crippen LogP contribution < -0.4 is 9.80 Å². The number of aliphatic hydroxyl groups excluding tert-OH is 1. The summed E-state index contributed by atoms with van der Waals surface area (Å²) in [5.74, 6) is -1.58. The molecule has 3 aromatic carbocycles. The van der Waals surface area contributed by atoms with Gasteiger partial charge in [0.15, 0.2) is 5.13 Å². The number of aromatic nitrogens is 1. The molecule has 6 nitrogen and oxygen atoms in total. The van der Waals surface area contributed by atoms with Crippen LogP contribution in [0.4, 0.5) is 10.8 Å². The molecule has 36 heavy (non-hydrogen) atoms. The van der Waals surface area contributed by atoms with Crippen LogP contribution in [-0.2, 0) is 9.59 Å². The summed E-state index contributed by atoms with van der Waals surface area (Å²) in [5, 5.41) is 11.9. The Morgan fingerprint density at radius 1 is 0.944 bits per heavy atom. The summed E-state index contributed by atoms with van der Waals surface area (Å²) in [6, 6.07) is 18.5. The number of fused-ring (bicyclic) bond motifs is 1. The van der Waals surface area contributed by atoms with Crippen molar-refractivity contribution in [2.24, 2.45) is 0 Å². The van der Waals surface area contributed by atoms with Crippen molar-refractivity contribution >= 4 is 49.8 Å². The number of aryl methyl sites for hydroxylation is 3. The summed E-state index contributed by atoms with van der Waals surface area (Å²) >= 11 is 1.37. The van der Waals surface area contributed by atoms with Gasteiger partial charge < -0.3 is 10.0 Å². The number of benzene rings is 3. The van der Waals surface area contributed by atoms with E-state index in [-0.39, 0.29) is 11.3 Å². The number of carbonyl (C=O) groups is 2. The van der Waals surface area contributed by atoms with Gasteiger partial charge in [0, 0.05) is 25.3 Å². The Hall–Kier alpha value is -3.97. The summed E-state index contributed by atoms with van der Waals surface area (Å²) in [5.41, 5.74) is 5.95. The molecule has 182 valence electrons. The second-order valence-electron chi connectivity index (χ2n) is 9.44. The average molecular weight is 498 g/mol. The van der Waals surface area contributed by atoms with E-state index in [2.05, 4.69) is 0 Å². The predicted octanol–water partition coefficient (Wildman–Crippen LogP) is 5.91. The van der Waals surface area contributed by atoms with E-state index in [4.69, 9.17) is 4.98 Å². The van der Waals surface area contributed by atoms with Gasteiger partial charge in [-0.25, -0.2) is 4.98 Å². The van der Waals surface area contributed by atoms with Gasteiger partial charge in [-0.3, -0.25) is 14.5 Å². The quantitative estimate of drug-likeness (QED) is 0.215. The van der Waals surface area contributed by atoms with Crippen molar-refractivity contribution in [3.05, 3.63) is 94.1 Å². The van der Waals surface area contributed by atoms with Crippen molar-refractivity contribution in [3.63, 3.8) is 0 Å². The standard InChI is InChI=1S/C29H27N3O3S/c1-16-6-8-18(3)21(14-16)26(33)24-25(19-9-11-20(12-10-19)31(4)5)32(28(35)27(24)34)29-30-22-13-7-17(2)15-23(22)36-29/h6-15,25,33H,1-5H3/b26-24+. The lowest BCUT2D eigenvalue weighted by atomic mass is 9.93. The van der Waals surface area contributed by atoms with Crippen LogP contribution >= 0.6 is 11.3 Å². The van der Waals surface area contributed by atoms with Gasteiger partial charge in [-0.15, -0.1) is 0 Å². The largest absolute Gasteiger partial charge is 0.507 e. The number of hydrogen-bond donors (Lipinski definition) is 1. The summed E-state index contributed by atoms with van der Waals surface area (Å²) in [6.45, 7) is 5.80. The number of Topliss-reactive ketones (excluding diaryl/α,β-unsaturated/α-hetero) is 1. The van der Waals surface area contributed by atoms with Crippen molar-refractivity contribution in [2.45, 2.75) is 26.8 Å². The van der Waals surface area contributed by atoms with E-state index in [1.54, 1.807) is 0 Å². The zero-order chi connectivity index (χ0) is 25.7. The number of rotatable bonds is 4. The number of anilines is 2. The topological polar surface area (TPSA) is 73.7 Å². The molecule has 1 fully saturated rings. The normalized spacial score (nSPS) is 17.2. The highest BCUT2D eigenvalue weighted by molar-refractivity contribution is 7.22. The number of ketones is 1. The molecule has 1 aromatic heterocycles. The van der Waals surface area contributed by atoms with Crippen molar-refractivity contribution < 1.29 is 14.7 Å². The Morgan fingerprint density at radius 2 is 1.61 bits per heavy atom. The Balaban J connectivity index is 1.74. The molecule has 7 heteroatoms. The molecule has 0 bridgehead atoms. The first-order valence-corrected chi connectivity index (χ1v) is 12.5. The lowest BCUT2D eigenvalue weighted by molar-refractivity contribution is -0.132. The molecule has 1 atom stereocenters. The fourth-order valence-electron chi connectivity index (χ4n) is 4.56. The van der Waals surface area contributed by atoms with Crippen molar-refractivity contribution in [2.75, 3.05) is 23.9 Å². The molecule has 0 aliphatic carbocycles. The highest BCUT2D eigenvalue weighted by atomic mass is 32.1. The number of carbonyl (C=O) groups excluding carboxylic acids is 2. The third-order valence-corrected chi connectivity index (χ3v) is 7.57. The molecule has 1 amide bonds. The molecule has 0 spiro atoms. The van der Waals surface area contributed by atoms with Crippen LogP contribution in [0, 0.1) is 20.8 Å². The Kier molecular flexibility index (Phi) is 5.88. The Labute approximate surface area is 214 Å². The van der Waals surface area contributed by atoms with E-state index in [0.717, 1.165) is 38.2 Å². The molecule has 1 aliphatic heterocycles. The summed E-state index contributed by atoms with van der Waals surface area (Å²) < 4.78 is 0.933. The van der Waals surface area contributed by atoms with E-state index in [1.807, 2.05) is 100 Å². The number of thiazole rings is 1. The van der Waals surface area contributed by atoms with Gasteiger partial charge in [0.05, 0.1) is 21.8 Å². The number of nitrogens with zero attached hydrogens (tertiary/aromatic N) is 3. The van der Waals surface area contributed by atoms with Crippen LogP contribution in [0.1, 0.15) is 33.9 Å². The van der Waals surface area contributed by atoms with Crippen LogP contribution in [0.3, 0.4) is 0 Å². The third kappa shape index (κ3) is 3.95. The van der Waals surface area contributed by atoms with Gasteiger partial charge in [0.2, 0.25) is 0 Å². The van der Waals surface area contributed by atoms with Gasteiger partial charge in [-0.05, 0) is 67.8 Å². The van der Waals surface area contributed by atoms with Gasteiger partial charge in [-0.1, -0.05) is 47.2 Å². The molecule has 1 aliphatic rings. The Morgan fingerprint density at radius 3 is 2.31 bits per heavy atom. The first kappa shape index (κ1) is 23.8. The lowest BCUT2D eigenvalue weighted by Gasteiger charge is -2.24. The molecule has 5 rings (SSSR count). The zero-order valence-corrected chi connectivity index (χ0v) is 21.7. The summed E-state index contributed by atoms with van der Waals surface area (Å²) in [6.07, 6.45) is 0.